The lowest BCUT2D eigenvalue weighted by atomic mass is 10.1. The molecule has 0 N–H and O–H groups in total. The largest absolute Gasteiger partial charge is 0.487 e. The van der Waals surface area contributed by atoms with Gasteiger partial charge in [-0.15, -0.1) is 5.10 Å². The van der Waals surface area contributed by atoms with Crippen molar-refractivity contribution in [3.63, 3.8) is 0 Å². The molecule has 1 heterocycles. The monoisotopic (exact) mass is 391 g/mol. The third-order valence-corrected chi connectivity index (χ3v) is 4.35. The van der Waals surface area contributed by atoms with Gasteiger partial charge in [0.05, 0.1) is 17.6 Å². The Morgan fingerprint density at radius 1 is 0.931 bits per heavy atom. The molecule has 0 saturated heterocycles. The Bertz CT molecular complexity index is 1130. The van der Waals surface area contributed by atoms with Crippen LogP contribution in [0.4, 0.5) is 4.39 Å². The molecule has 6 nitrogen and oxygen atoms in total. The Balaban J connectivity index is 1.30. The molecule has 3 aromatic carbocycles. The van der Waals surface area contributed by atoms with Crippen molar-refractivity contribution in [3.05, 3.63) is 89.7 Å². The first-order chi connectivity index (χ1) is 14.2. The van der Waals surface area contributed by atoms with Crippen LogP contribution < -0.4 is 4.74 Å². The summed E-state index contributed by atoms with van der Waals surface area (Å²) in [7, 11) is 0. The zero-order chi connectivity index (χ0) is 20.1. The molecular weight excluding hydrogens is 373 g/mol. The summed E-state index contributed by atoms with van der Waals surface area (Å²) in [5.41, 5.74) is 3.21. The fourth-order valence-corrected chi connectivity index (χ4v) is 2.88. The smallest absolute Gasteiger partial charge is 0.338 e. The van der Waals surface area contributed by atoms with E-state index in [2.05, 4.69) is 10.3 Å². The van der Waals surface area contributed by atoms with Crippen molar-refractivity contribution in [2.24, 2.45) is 0 Å². The van der Waals surface area contributed by atoms with Gasteiger partial charge >= 0.3 is 5.97 Å². The number of hydrogen-bond acceptors (Lipinski definition) is 5. The van der Waals surface area contributed by atoms with Gasteiger partial charge in [-0.05, 0) is 42.0 Å². The summed E-state index contributed by atoms with van der Waals surface area (Å²) in [6.45, 7) is 0.649. The van der Waals surface area contributed by atoms with E-state index in [0.717, 1.165) is 16.6 Å². The first-order valence-electron chi connectivity index (χ1n) is 9.12. The van der Waals surface area contributed by atoms with Crippen LogP contribution in [0.15, 0.2) is 72.8 Å². The van der Waals surface area contributed by atoms with Gasteiger partial charge in [0, 0.05) is 0 Å². The summed E-state index contributed by atoms with van der Waals surface area (Å²) >= 11 is 0. The maximum atomic E-state index is 13.5. The van der Waals surface area contributed by atoms with E-state index in [9.17, 15) is 9.18 Å². The minimum absolute atomic E-state index is 0.0276. The Kier molecular flexibility index (Phi) is 5.47. The molecule has 7 heteroatoms. The number of halogens is 1. The second-order valence-electron chi connectivity index (χ2n) is 6.35. The minimum Gasteiger partial charge on any atom is -0.487 e. The molecule has 0 aliphatic carbocycles. The summed E-state index contributed by atoms with van der Waals surface area (Å²) in [5.74, 6) is -0.775. The van der Waals surface area contributed by atoms with Gasteiger partial charge < -0.3 is 9.47 Å². The number of ether oxygens (including phenoxy) is 2. The van der Waals surface area contributed by atoms with Gasteiger partial charge in [0.2, 0.25) is 0 Å². The van der Waals surface area contributed by atoms with Gasteiger partial charge in [-0.2, -0.15) is 0 Å². The molecule has 4 aromatic rings. The number of carbonyl (C=O) groups excluding carboxylic acids is 1. The maximum absolute atomic E-state index is 13.5. The molecule has 0 fully saturated rings. The number of rotatable bonds is 7. The number of hydrogen-bond donors (Lipinski definition) is 0. The number of aromatic nitrogens is 3. The highest BCUT2D eigenvalue weighted by Gasteiger charge is 2.09. The fraction of sp³-hybridized carbons (Fsp3) is 0.136. The Hall–Kier alpha value is -3.74. The second-order valence-corrected chi connectivity index (χ2v) is 6.35. The first kappa shape index (κ1) is 18.6. The molecule has 146 valence electrons. The predicted octanol–water partition coefficient (Wildman–Crippen LogP) is 3.85. The van der Waals surface area contributed by atoms with Gasteiger partial charge in [-0.25, -0.2) is 13.9 Å². The molecule has 0 saturated carbocycles. The van der Waals surface area contributed by atoms with Crippen LogP contribution in [0.1, 0.15) is 15.9 Å². The van der Waals surface area contributed by atoms with E-state index >= 15 is 0 Å². The minimum atomic E-state index is -0.458. The van der Waals surface area contributed by atoms with Gasteiger partial charge in [0.15, 0.2) is 11.6 Å². The molecule has 0 aliphatic rings. The van der Waals surface area contributed by atoms with Gasteiger partial charge in [-0.3, -0.25) is 0 Å². The zero-order valence-corrected chi connectivity index (χ0v) is 15.5. The number of esters is 1. The lowest BCUT2D eigenvalue weighted by molar-refractivity contribution is 0.0448. The maximum Gasteiger partial charge on any atom is 0.338 e. The third-order valence-electron chi connectivity index (χ3n) is 4.35. The van der Waals surface area contributed by atoms with Crippen LogP contribution in [0, 0.1) is 5.82 Å². The number of carbonyl (C=O) groups is 1. The molecule has 0 bridgehead atoms. The second kappa shape index (κ2) is 8.52. The zero-order valence-electron chi connectivity index (χ0n) is 15.5. The predicted molar refractivity (Wildman–Crippen MR) is 105 cm³/mol. The summed E-state index contributed by atoms with van der Waals surface area (Å²) in [6, 6.07) is 20.9. The standard InChI is InChI=1S/C22H18FN3O3/c23-18-5-1-4-8-21(18)28-13-14-29-22(27)17-11-9-16(10-12-17)15-26-20-7-3-2-6-19(20)24-25-26/h1-12H,13-15H2. The molecule has 29 heavy (non-hydrogen) atoms. The summed E-state index contributed by atoms with van der Waals surface area (Å²) < 4.78 is 25.7. The highest BCUT2D eigenvalue weighted by molar-refractivity contribution is 5.89. The van der Waals surface area contributed by atoms with E-state index in [1.807, 2.05) is 41.1 Å². The van der Waals surface area contributed by atoms with Crippen molar-refractivity contribution in [2.45, 2.75) is 6.54 Å². The van der Waals surface area contributed by atoms with E-state index in [1.165, 1.54) is 12.1 Å². The average Bonchev–Trinajstić information content (AvgIpc) is 3.16. The molecule has 4 rings (SSSR count). The van der Waals surface area contributed by atoms with E-state index in [0.29, 0.717) is 12.1 Å². The molecule has 0 amide bonds. The van der Waals surface area contributed by atoms with Crippen molar-refractivity contribution < 1.29 is 18.7 Å². The highest BCUT2D eigenvalue weighted by atomic mass is 19.1. The van der Waals surface area contributed by atoms with E-state index in [4.69, 9.17) is 9.47 Å². The Morgan fingerprint density at radius 3 is 2.52 bits per heavy atom. The van der Waals surface area contributed by atoms with Crippen molar-refractivity contribution in [2.75, 3.05) is 13.2 Å². The number of fused-ring (bicyclic) bond motifs is 1. The van der Waals surface area contributed by atoms with E-state index in [1.54, 1.807) is 24.3 Å². The SMILES string of the molecule is O=C(OCCOc1ccccc1F)c1ccc(Cn2nnc3ccccc32)cc1. The third kappa shape index (κ3) is 4.40. The van der Waals surface area contributed by atoms with Crippen LogP contribution in [0.25, 0.3) is 11.0 Å². The summed E-state index contributed by atoms with van der Waals surface area (Å²) in [4.78, 5) is 12.1. The van der Waals surface area contributed by atoms with Crippen molar-refractivity contribution in [3.8, 4) is 5.75 Å². The van der Waals surface area contributed by atoms with Crippen LogP contribution in [0.2, 0.25) is 0 Å². The van der Waals surface area contributed by atoms with Crippen LogP contribution in [0.5, 0.6) is 5.75 Å². The van der Waals surface area contributed by atoms with Gasteiger partial charge in [-0.1, -0.05) is 41.6 Å². The number of benzene rings is 3. The van der Waals surface area contributed by atoms with Crippen molar-refractivity contribution >= 4 is 17.0 Å². The summed E-state index contributed by atoms with van der Waals surface area (Å²) in [5, 5.41) is 8.30. The van der Waals surface area contributed by atoms with Crippen molar-refractivity contribution in [1.29, 1.82) is 0 Å². The molecule has 1 aromatic heterocycles. The van der Waals surface area contributed by atoms with Crippen LogP contribution in [-0.4, -0.2) is 34.2 Å². The van der Waals surface area contributed by atoms with Crippen LogP contribution in [-0.2, 0) is 11.3 Å². The molecular formula is C22H18FN3O3. The van der Waals surface area contributed by atoms with E-state index < -0.39 is 11.8 Å². The topological polar surface area (TPSA) is 66.2 Å². The van der Waals surface area contributed by atoms with Crippen molar-refractivity contribution in [1.82, 2.24) is 15.0 Å². The van der Waals surface area contributed by atoms with E-state index in [-0.39, 0.29) is 19.0 Å². The number of para-hydroxylation sites is 2. The molecule has 0 unspecified atom stereocenters. The molecule has 0 spiro atoms. The normalized spacial score (nSPS) is 10.8. The van der Waals surface area contributed by atoms with Gasteiger partial charge in [0.25, 0.3) is 0 Å². The Labute approximate surface area is 166 Å². The average molecular weight is 391 g/mol. The quantitative estimate of drug-likeness (QED) is 0.354. The lowest BCUT2D eigenvalue weighted by Gasteiger charge is -2.08. The van der Waals surface area contributed by atoms with Crippen LogP contribution >= 0.6 is 0 Å². The lowest BCUT2D eigenvalue weighted by Crippen LogP contribution is -2.13. The first-order valence-corrected chi connectivity index (χ1v) is 9.12. The van der Waals surface area contributed by atoms with Crippen LogP contribution in [0.3, 0.4) is 0 Å². The number of nitrogens with zero attached hydrogens (tertiary/aromatic N) is 3. The highest BCUT2D eigenvalue weighted by Crippen LogP contribution is 2.15. The fourth-order valence-electron chi connectivity index (χ4n) is 2.88. The van der Waals surface area contributed by atoms with Gasteiger partial charge in [0.1, 0.15) is 18.7 Å². The molecule has 0 aliphatic heterocycles. The molecule has 0 atom stereocenters. The molecule has 0 radical (unpaired) electrons. The Morgan fingerprint density at radius 2 is 1.69 bits per heavy atom. The summed E-state index contributed by atoms with van der Waals surface area (Å²) in [6.07, 6.45) is 0.